The number of halogens is 1. The standard InChI is InChI=1S/C14H17BrO4/c1-3-6-9(4-2)19-14(18)10-7-5-8-11(15)12(10)13(16)17/h5,7-9H,3-4,6H2,1-2H3,(H,16,17). The van der Waals surface area contributed by atoms with Crippen molar-refractivity contribution in [3.05, 3.63) is 33.8 Å². The quantitative estimate of drug-likeness (QED) is 0.805. The minimum Gasteiger partial charge on any atom is -0.478 e. The third-order valence-electron chi connectivity index (χ3n) is 2.79. The van der Waals surface area contributed by atoms with E-state index in [0.717, 1.165) is 19.3 Å². The van der Waals surface area contributed by atoms with Gasteiger partial charge in [-0.05, 0) is 40.9 Å². The maximum atomic E-state index is 12.1. The molecule has 0 saturated carbocycles. The van der Waals surface area contributed by atoms with Gasteiger partial charge in [0.2, 0.25) is 0 Å². The van der Waals surface area contributed by atoms with Crippen LogP contribution in [0.3, 0.4) is 0 Å². The van der Waals surface area contributed by atoms with Crippen LogP contribution in [-0.4, -0.2) is 23.1 Å². The Hall–Kier alpha value is -1.36. The van der Waals surface area contributed by atoms with Crippen LogP contribution in [-0.2, 0) is 4.74 Å². The number of carbonyl (C=O) groups is 2. The summed E-state index contributed by atoms with van der Waals surface area (Å²) >= 11 is 3.14. The van der Waals surface area contributed by atoms with Crippen LogP contribution in [0.1, 0.15) is 53.8 Å². The van der Waals surface area contributed by atoms with Gasteiger partial charge in [-0.2, -0.15) is 0 Å². The molecule has 104 valence electrons. The van der Waals surface area contributed by atoms with Crippen molar-refractivity contribution >= 4 is 27.9 Å². The summed E-state index contributed by atoms with van der Waals surface area (Å²) < 4.78 is 5.72. The van der Waals surface area contributed by atoms with Crippen LogP contribution in [0.25, 0.3) is 0 Å². The summed E-state index contributed by atoms with van der Waals surface area (Å²) in [6.07, 6.45) is 2.24. The SMILES string of the molecule is CCCC(CC)OC(=O)c1cccc(Br)c1C(=O)O. The highest BCUT2D eigenvalue weighted by Crippen LogP contribution is 2.22. The fourth-order valence-electron chi connectivity index (χ4n) is 1.79. The first-order valence-electron chi connectivity index (χ1n) is 6.24. The van der Waals surface area contributed by atoms with Crippen LogP contribution in [0.4, 0.5) is 0 Å². The van der Waals surface area contributed by atoms with E-state index in [1.807, 2.05) is 13.8 Å². The van der Waals surface area contributed by atoms with Crippen LogP contribution >= 0.6 is 15.9 Å². The molecule has 1 aromatic rings. The Balaban J connectivity index is 3.00. The largest absolute Gasteiger partial charge is 0.478 e. The molecular weight excluding hydrogens is 312 g/mol. The minimum absolute atomic E-state index is 0.0566. The first-order chi connectivity index (χ1) is 9.01. The Morgan fingerprint density at radius 1 is 1.37 bits per heavy atom. The van der Waals surface area contributed by atoms with Gasteiger partial charge in [-0.1, -0.05) is 26.3 Å². The molecule has 0 heterocycles. The molecule has 0 radical (unpaired) electrons. The summed E-state index contributed by atoms with van der Waals surface area (Å²) in [5, 5.41) is 9.15. The first kappa shape index (κ1) is 15.7. The fraction of sp³-hybridized carbons (Fsp3) is 0.429. The predicted molar refractivity (Wildman–Crippen MR) is 75.5 cm³/mol. The molecule has 1 atom stereocenters. The average Bonchev–Trinajstić information content (AvgIpc) is 2.37. The number of carboxylic acid groups (broad SMARTS) is 1. The lowest BCUT2D eigenvalue weighted by Crippen LogP contribution is -2.19. The third kappa shape index (κ3) is 4.06. The van der Waals surface area contributed by atoms with E-state index in [0.29, 0.717) is 4.47 Å². The number of rotatable bonds is 6. The van der Waals surface area contributed by atoms with Crippen molar-refractivity contribution in [3.63, 3.8) is 0 Å². The van der Waals surface area contributed by atoms with Crippen molar-refractivity contribution in [3.8, 4) is 0 Å². The van der Waals surface area contributed by atoms with Gasteiger partial charge >= 0.3 is 11.9 Å². The molecule has 1 rings (SSSR count). The maximum absolute atomic E-state index is 12.1. The zero-order chi connectivity index (χ0) is 14.4. The van der Waals surface area contributed by atoms with Crippen molar-refractivity contribution in [2.24, 2.45) is 0 Å². The Morgan fingerprint density at radius 3 is 2.58 bits per heavy atom. The van der Waals surface area contributed by atoms with Crippen LogP contribution in [0.15, 0.2) is 22.7 Å². The molecule has 1 unspecified atom stereocenters. The lowest BCUT2D eigenvalue weighted by atomic mass is 10.1. The molecule has 0 aliphatic carbocycles. The topological polar surface area (TPSA) is 63.6 Å². The lowest BCUT2D eigenvalue weighted by molar-refractivity contribution is 0.0266. The summed E-state index contributed by atoms with van der Waals surface area (Å²) in [6.45, 7) is 3.95. The molecule has 0 amide bonds. The Kier molecular flexibility index (Phi) is 6.02. The van der Waals surface area contributed by atoms with Gasteiger partial charge in [-0.25, -0.2) is 9.59 Å². The Labute approximate surface area is 120 Å². The number of ether oxygens (including phenoxy) is 1. The molecule has 1 N–H and O–H groups in total. The molecule has 0 spiro atoms. The number of hydrogen-bond acceptors (Lipinski definition) is 3. The average molecular weight is 329 g/mol. The smallest absolute Gasteiger partial charge is 0.339 e. The number of carbonyl (C=O) groups excluding carboxylic acids is 1. The number of benzene rings is 1. The van der Waals surface area contributed by atoms with Gasteiger partial charge in [0, 0.05) is 4.47 Å². The molecule has 0 fully saturated rings. The molecular formula is C14H17BrO4. The zero-order valence-corrected chi connectivity index (χ0v) is 12.6. The molecule has 0 aliphatic heterocycles. The fourth-order valence-corrected chi connectivity index (χ4v) is 2.33. The number of carboxylic acids is 1. The number of hydrogen-bond donors (Lipinski definition) is 1. The third-order valence-corrected chi connectivity index (χ3v) is 3.45. The zero-order valence-electron chi connectivity index (χ0n) is 11.0. The normalized spacial score (nSPS) is 11.9. The van der Waals surface area contributed by atoms with E-state index < -0.39 is 11.9 Å². The predicted octanol–water partition coefficient (Wildman–Crippen LogP) is 3.88. The van der Waals surface area contributed by atoms with Gasteiger partial charge in [0.1, 0.15) is 6.10 Å². The second-order valence-corrected chi connectivity index (χ2v) is 5.05. The van der Waals surface area contributed by atoms with Crippen LogP contribution < -0.4 is 0 Å². The molecule has 19 heavy (non-hydrogen) atoms. The molecule has 0 aromatic heterocycles. The number of aromatic carboxylic acids is 1. The summed E-state index contributed by atoms with van der Waals surface area (Å²) in [6, 6.07) is 4.67. The van der Waals surface area contributed by atoms with Gasteiger partial charge < -0.3 is 9.84 Å². The Morgan fingerprint density at radius 2 is 2.05 bits per heavy atom. The maximum Gasteiger partial charge on any atom is 0.339 e. The van der Waals surface area contributed by atoms with Crippen molar-refractivity contribution in [1.82, 2.24) is 0 Å². The molecule has 4 nitrogen and oxygen atoms in total. The van der Waals surface area contributed by atoms with Crippen molar-refractivity contribution in [2.75, 3.05) is 0 Å². The van der Waals surface area contributed by atoms with Crippen molar-refractivity contribution in [2.45, 2.75) is 39.2 Å². The molecule has 1 aromatic carbocycles. The summed E-state index contributed by atoms with van der Waals surface area (Å²) in [5.74, 6) is -1.73. The van der Waals surface area contributed by atoms with Crippen molar-refractivity contribution < 1.29 is 19.4 Å². The van der Waals surface area contributed by atoms with E-state index in [1.165, 1.54) is 6.07 Å². The molecule has 0 aliphatic rings. The highest BCUT2D eigenvalue weighted by atomic mass is 79.9. The second kappa shape index (κ2) is 7.28. The van der Waals surface area contributed by atoms with Gasteiger partial charge in [0.15, 0.2) is 0 Å². The van der Waals surface area contributed by atoms with E-state index in [-0.39, 0.29) is 17.2 Å². The molecule has 5 heteroatoms. The highest BCUT2D eigenvalue weighted by molar-refractivity contribution is 9.10. The molecule has 0 saturated heterocycles. The van der Waals surface area contributed by atoms with E-state index in [2.05, 4.69) is 15.9 Å². The highest BCUT2D eigenvalue weighted by Gasteiger charge is 2.22. The van der Waals surface area contributed by atoms with E-state index in [9.17, 15) is 9.59 Å². The minimum atomic E-state index is -1.15. The van der Waals surface area contributed by atoms with Crippen LogP contribution in [0.2, 0.25) is 0 Å². The van der Waals surface area contributed by atoms with Gasteiger partial charge in [-0.3, -0.25) is 0 Å². The number of esters is 1. The monoisotopic (exact) mass is 328 g/mol. The molecule has 0 bridgehead atoms. The summed E-state index contributed by atoms with van der Waals surface area (Å²) in [5.41, 5.74) is 0.0234. The lowest BCUT2D eigenvalue weighted by Gasteiger charge is -2.16. The summed E-state index contributed by atoms with van der Waals surface area (Å²) in [7, 11) is 0. The van der Waals surface area contributed by atoms with E-state index in [4.69, 9.17) is 9.84 Å². The van der Waals surface area contributed by atoms with Gasteiger partial charge in [0.25, 0.3) is 0 Å². The second-order valence-electron chi connectivity index (χ2n) is 4.19. The van der Waals surface area contributed by atoms with Crippen molar-refractivity contribution in [1.29, 1.82) is 0 Å². The van der Waals surface area contributed by atoms with Crippen LogP contribution in [0, 0.1) is 0 Å². The Bertz CT molecular complexity index is 471. The van der Waals surface area contributed by atoms with Crippen LogP contribution in [0.5, 0.6) is 0 Å². The summed E-state index contributed by atoms with van der Waals surface area (Å²) in [4.78, 5) is 23.3. The van der Waals surface area contributed by atoms with E-state index >= 15 is 0 Å². The van der Waals surface area contributed by atoms with Gasteiger partial charge in [0.05, 0.1) is 11.1 Å². The van der Waals surface area contributed by atoms with E-state index in [1.54, 1.807) is 12.1 Å². The first-order valence-corrected chi connectivity index (χ1v) is 7.03. The van der Waals surface area contributed by atoms with Gasteiger partial charge in [-0.15, -0.1) is 0 Å².